The van der Waals surface area contributed by atoms with Gasteiger partial charge in [0.2, 0.25) is 5.91 Å². The normalized spacial score (nSPS) is 18.8. The van der Waals surface area contributed by atoms with Gasteiger partial charge >= 0.3 is 0 Å². The van der Waals surface area contributed by atoms with Crippen molar-refractivity contribution >= 4 is 5.91 Å². The summed E-state index contributed by atoms with van der Waals surface area (Å²) in [5.74, 6) is 0.215. The number of aromatic nitrogens is 1. The number of nitrogens with one attached hydrogen (secondary N) is 1. The van der Waals surface area contributed by atoms with Gasteiger partial charge in [-0.15, -0.1) is 0 Å². The van der Waals surface area contributed by atoms with Gasteiger partial charge in [-0.25, -0.2) is 0 Å². The number of carbonyl (C=O) groups excluding carboxylic acids is 1. The molecule has 1 aromatic heterocycles. The molecule has 1 amide bonds. The Bertz CT molecular complexity index is 374. The molecule has 1 atom stereocenters. The molecule has 1 aromatic rings. The first-order chi connectivity index (χ1) is 8.75. The molecule has 1 aliphatic rings. The van der Waals surface area contributed by atoms with Gasteiger partial charge < -0.3 is 10.2 Å². The van der Waals surface area contributed by atoms with Crippen molar-refractivity contribution in [2.75, 3.05) is 13.6 Å². The average molecular weight is 247 g/mol. The van der Waals surface area contributed by atoms with E-state index in [2.05, 4.69) is 10.3 Å². The van der Waals surface area contributed by atoms with E-state index >= 15 is 0 Å². The first-order valence-corrected chi connectivity index (χ1v) is 6.62. The monoisotopic (exact) mass is 247 g/mol. The van der Waals surface area contributed by atoms with Crippen molar-refractivity contribution in [2.24, 2.45) is 0 Å². The van der Waals surface area contributed by atoms with E-state index in [4.69, 9.17) is 0 Å². The maximum absolute atomic E-state index is 12.0. The lowest BCUT2D eigenvalue weighted by atomic mass is 10.1. The lowest BCUT2D eigenvalue weighted by Crippen LogP contribution is -2.29. The van der Waals surface area contributed by atoms with Gasteiger partial charge in [0.1, 0.15) is 0 Å². The highest BCUT2D eigenvalue weighted by Gasteiger charge is 2.16. The lowest BCUT2D eigenvalue weighted by molar-refractivity contribution is -0.130. The molecule has 1 aliphatic heterocycles. The Kier molecular flexibility index (Phi) is 4.70. The number of nitrogens with zero attached hydrogens (tertiary/aromatic N) is 2. The Morgan fingerprint density at radius 3 is 3.17 bits per heavy atom. The topological polar surface area (TPSA) is 45.2 Å². The summed E-state index contributed by atoms with van der Waals surface area (Å²) < 4.78 is 0. The molecule has 0 saturated carbocycles. The Balaban J connectivity index is 1.74. The van der Waals surface area contributed by atoms with Gasteiger partial charge in [-0.3, -0.25) is 9.78 Å². The van der Waals surface area contributed by atoms with Crippen molar-refractivity contribution in [3.05, 3.63) is 30.1 Å². The van der Waals surface area contributed by atoms with Crippen LogP contribution >= 0.6 is 0 Å². The lowest BCUT2D eigenvalue weighted by Gasteiger charge is -2.18. The van der Waals surface area contributed by atoms with E-state index in [1.807, 2.05) is 25.4 Å². The molecule has 1 saturated heterocycles. The Labute approximate surface area is 108 Å². The van der Waals surface area contributed by atoms with Gasteiger partial charge in [0.05, 0.1) is 0 Å². The van der Waals surface area contributed by atoms with Gasteiger partial charge in [0.15, 0.2) is 0 Å². The zero-order chi connectivity index (χ0) is 12.8. The molecule has 0 spiro atoms. The van der Waals surface area contributed by atoms with Crippen molar-refractivity contribution in [1.82, 2.24) is 15.2 Å². The summed E-state index contributed by atoms with van der Waals surface area (Å²) in [7, 11) is 1.86. The summed E-state index contributed by atoms with van der Waals surface area (Å²) >= 11 is 0. The molecule has 0 aromatic carbocycles. The molecule has 4 heteroatoms. The minimum Gasteiger partial charge on any atom is -0.341 e. The Hall–Kier alpha value is -1.42. The predicted octanol–water partition coefficient (Wildman–Crippen LogP) is 1.57. The van der Waals surface area contributed by atoms with Crippen LogP contribution in [0.2, 0.25) is 0 Å². The molecule has 0 bridgehead atoms. The van der Waals surface area contributed by atoms with Crippen molar-refractivity contribution < 1.29 is 4.79 Å². The zero-order valence-corrected chi connectivity index (χ0v) is 10.9. The van der Waals surface area contributed by atoms with E-state index < -0.39 is 0 Å². The fourth-order valence-corrected chi connectivity index (χ4v) is 2.35. The van der Waals surface area contributed by atoms with E-state index in [1.165, 1.54) is 12.8 Å². The van der Waals surface area contributed by atoms with Gasteiger partial charge in [-0.1, -0.05) is 6.07 Å². The van der Waals surface area contributed by atoms with Gasteiger partial charge in [-0.05, 0) is 37.4 Å². The standard InChI is InChI=1S/C14H21N3O/c1-17(11-12-4-2-8-15-10-12)14(18)7-6-13-5-3-9-16-13/h2,4,8,10,13,16H,3,5-7,9,11H2,1H3. The third kappa shape index (κ3) is 3.81. The number of hydrogen-bond acceptors (Lipinski definition) is 3. The summed E-state index contributed by atoms with van der Waals surface area (Å²) in [5, 5.41) is 3.42. The fourth-order valence-electron chi connectivity index (χ4n) is 2.35. The van der Waals surface area contributed by atoms with Crippen LogP contribution in [-0.4, -0.2) is 35.4 Å². The highest BCUT2D eigenvalue weighted by molar-refractivity contribution is 5.75. The molecular weight excluding hydrogens is 226 g/mol. The maximum Gasteiger partial charge on any atom is 0.222 e. The highest BCUT2D eigenvalue weighted by atomic mass is 16.2. The van der Waals surface area contributed by atoms with Crippen LogP contribution in [-0.2, 0) is 11.3 Å². The van der Waals surface area contributed by atoms with Gasteiger partial charge in [0, 0.05) is 38.4 Å². The second kappa shape index (κ2) is 6.50. The molecule has 2 rings (SSSR count). The molecule has 0 radical (unpaired) electrons. The maximum atomic E-state index is 12.0. The summed E-state index contributed by atoms with van der Waals surface area (Å²) in [6.07, 6.45) is 7.59. The van der Waals surface area contributed by atoms with Crippen LogP contribution in [0.3, 0.4) is 0 Å². The van der Waals surface area contributed by atoms with E-state index in [0.717, 1.165) is 18.5 Å². The first-order valence-electron chi connectivity index (χ1n) is 6.62. The van der Waals surface area contributed by atoms with Crippen LogP contribution in [0.15, 0.2) is 24.5 Å². The number of pyridine rings is 1. The van der Waals surface area contributed by atoms with Crippen LogP contribution in [0.25, 0.3) is 0 Å². The van der Waals surface area contributed by atoms with Gasteiger partial charge in [-0.2, -0.15) is 0 Å². The quantitative estimate of drug-likeness (QED) is 0.859. The Morgan fingerprint density at radius 1 is 1.61 bits per heavy atom. The molecule has 1 fully saturated rings. The third-order valence-electron chi connectivity index (χ3n) is 3.44. The van der Waals surface area contributed by atoms with Crippen LogP contribution in [0, 0.1) is 0 Å². The molecule has 1 N–H and O–H groups in total. The summed E-state index contributed by atoms with van der Waals surface area (Å²) in [6.45, 7) is 1.75. The summed E-state index contributed by atoms with van der Waals surface area (Å²) in [5.41, 5.74) is 1.08. The third-order valence-corrected chi connectivity index (χ3v) is 3.44. The van der Waals surface area contributed by atoms with Crippen molar-refractivity contribution in [3.8, 4) is 0 Å². The minimum absolute atomic E-state index is 0.215. The second-order valence-electron chi connectivity index (χ2n) is 4.94. The highest BCUT2D eigenvalue weighted by Crippen LogP contribution is 2.12. The molecule has 1 unspecified atom stereocenters. The molecule has 98 valence electrons. The van der Waals surface area contributed by atoms with Crippen LogP contribution in [0.4, 0.5) is 0 Å². The van der Waals surface area contributed by atoms with Gasteiger partial charge in [0.25, 0.3) is 0 Å². The largest absolute Gasteiger partial charge is 0.341 e. The van der Waals surface area contributed by atoms with Crippen molar-refractivity contribution in [1.29, 1.82) is 0 Å². The van der Waals surface area contributed by atoms with Crippen molar-refractivity contribution in [2.45, 2.75) is 38.3 Å². The number of rotatable bonds is 5. The van der Waals surface area contributed by atoms with E-state index in [1.54, 1.807) is 11.1 Å². The molecule has 2 heterocycles. The smallest absolute Gasteiger partial charge is 0.222 e. The molecule has 0 aliphatic carbocycles. The zero-order valence-electron chi connectivity index (χ0n) is 10.9. The summed E-state index contributed by atoms with van der Waals surface area (Å²) in [4.78, 5) is 17.8. The number of amides is 1. The van der Waals surface area contributed by atoms with Crippen LogP contribution in [0.1, 0.15) is 31.2 Å². The van der Waals surface area contributed by atoms with E-state index in [0.29, 0.717) is 19.0 Å². The Morgan fingerprint density at radius 2 is 2.50 bits per heavy atom. The minimum atomic E-state index is 0.215. The van der Waals surface area contributed by atoms with E-state index in [-0.39, 0.29) is 5.91 Å². The SMILES string of the molecule is CN(Cc1cccnc1)C(=O)CCC1CCCN1. The predicted molar refractivity (Wildman–Crippen MR) is 71.0 cm³/mol. The second-order valence-corrected chi connectivity index (χ2v) is 4.94. The molecule has 18 heavy (non-hydrogen) atoms. The fraction of sp³-hybridized carbons (Fsp3) is 0.571. The number of carbonyl (C=O) groups is 1. The van der Waals surface area contributed by atoms with Crippen LogP contribution < -0.4 is 5.32 Å². The molecule has 4 nitrogen and oxygen atoms in total. The average Bonchev–Trinajstić information content (AvgIpc) is 2.90. The molecular formula is C14H21N3O. The van der Waals surface area contributed by atoms with Crippen LogP contribution in [0.5, 0.6) is 0 Å². The van der Waals surface area contributed by atoms with Crippen molar-refractivity contribution in [3.63, 3.8) is 0 Å². The van der Waals surface area contributed by atoms with E-state index in [9.17, 15) is 4.79 Å². The summed E-state index contributed by atoms with van der Waals surface area (Å²) in [6, 6.07) is 4.44. The number of hydrogen-bond donors (Lipinski definition) is 1. The first kappa shape index (κ1) is 13.0.